The molecule has 0 saturated carbocycles. The van der Waals surface area contributed by atoms with Crippen LogP contribution in [0.15, 0.2) is 29.1 Å². The summed E-state index contributed by atoms with van der Waals surface area (Å²) in [6.07, 6.45) is 6.37. The molecule has 0 aliphatic heterocycles. The van der Waals surface area contributed by atoms with Gasteiger partial charge in [0.05, 0.1) is 12.3 Å². The summed E-state index contributed by atoms with van der Waals surface area (Å²) >= 11 is 0. The predicted molar refractivity (Wildman–Crippen MR) is 66.8 cm³/mol. The quantitative estimate of drug-likeness (QED) is 0.861. The maximum atomic E-state index is 5.57. The molecule has 0 bridgehead atoms. The molecule has 2 aromatic rings. The molecule has 17 heavy (non-hydrogen) atoms. The van der Waals surface area contributed by atoms with E-state index in [1.54, 1.807) is 6.26 Å². The highest BCUT2D eigenvalue weighted by Crippen LogP contribution is 2.21. The van der Waals surface area contributed by atoms with Gasteiger partial charge in [-0.15, -0.1) is 0 Å². The third-order valence-electron chi connectivity index (χ3n) is 2.98. The molecule has 0 aliphatic carbocycles. The van der Waals surface area contributed by atoms with Crippen molar-refractivity contribution in [1.29, 1.82) is 0 Å². The van der Waals surface area contributed by atoms with Crippen LogP contribution in [0.1, 0.15) is 30.1 Å². The van der Waals surface area contributed by atoms with Gasteiger partial charge in [-0.05, 0) is 25.1 Å². The first-order valence-electron chi connectivity index (χ1n) is 5.96. The van der Waals surface area contributed by atoms with E-state index in [1.165, 1.54) is 5.56 Å². The molecule has 0 fully saturated rings. The molecule has 2 rings (SSSR count). The molecule has 0 aliphatic rings. The van der Waals surface area contributed by atoms with E-state index < -0.39 is 0 Å². The van der Waals surface area contributed by atoms with E-state index in [0.717, 1.165) is 24.6 Å². The maximum Gasteiger partial charge on any atom is 0.124 e. The van der Waals surface area contributed by atoms with Gasteiger partial charge >= 0.3 is 0 Å². The van der Waals surface area contributed by atoms with Crippen molar-refractivity contribution < 1.29 is 4.42 Å². The molecule has 2 aromatic heterocycles. The maximum absolute atomic E-state index is 5.57. The van der Waals surface area contributed by atoms with Crippen molar-refractivity contribution in [3.8, 4) is 0 Å². The minimum Gasteiger partial charge on any atom is -0.467 e. The molecular formula is C13H19N3O. The van der Waals surface area contributed by atoms with Gasteiger partial charge in [-0.3, -0.25) is 0 Å². The van der Waals surface area contributed by atoms with Gasteiger partial charge in [-0.2, -0.15) is 0 Å². The van der Waals surface area contributed by atoms with Crippen LogP contribution in [-0.4, -0.2) is 16.1 Å². The smallest absolute Gasteiger partial charge is 0.124 e. The third kappa shape index (κ3) is 2.58. The highest BCUT2D eigenvalue weighted by molar-refractivity contribution is 5.19. The number of imidazole rings is 1. The van der Waals surface area contributed by atoms with Crippen molar-refractivity contribution in [3.05, 3.63) is 41.9 Å². The molecule has 1 unspecified atom stereocenters. The first-order valence-corrected chi connectivity index (χ1v) is 5.96. The minimum atomic E-state index is 0.191. The van der Waals surface area contributed by atoms with Crippen molar-refractivity contribution in [2.24, 2.45) is 7.05 Å². The first-order chi connectivity index (χ1) is 8.22. The number of furan rings is 1. The van der Waals surface area contributed by atoms with Gasteiger partial charge in [-0.25, -0.2) is 4.98 Å². The zero-order valence-corrected chi connectivity index (χ0v) is 10.6. The summed E-state index contributed by atoms with van der Waals surface area (Å²) in [5.41, 5.74) is 1.19. The van der Waals surface area contributed by atoms with Gasteiger partial charge in [0.25, 0.3) is 0 Å². The molecule has 2 heterocycles. The number of aromatic nitrogens is 2. The molecular weight excluding hydrogens is 214 g/mol. The molecule has 1 atom stereocenters. The fourth-order valence-electron chi connectivity index (χ4n) is 2.02. The van der Waals surface area contributed by atoms with Crippen molar-refractivity contribution in [3.63, 3.8) is 0 Å². The second-order valence-electron chi connectivity index (χ2n) is 4.24. The van der Waals surface area contributed by atoms with E-state index in [1.807, 2.05) is 30.1 Å². The van der Waals surface area contributed by atoms with Crippen LogP contribution in [0.3, 0.4) is 0 Å². The van der Waals surface area contributed by atoms with Crippen molar-refractivity contribution in [2.75, 3.05) is 6.54 Å². The zero-order chi connectivity index (χ0) is 12.3. The summed E-state index contributed by atoms with van der Waals surface area (Å²) < 4.78 is 7.61. The number of hydrogen-bond acceptors (Lipinski definition) is 3. The summed E-state index contributed by atoms with van der Waals surface area (Å²) in [6.45, 7) is 5.08. The van der Waals surface area contributed by atoms with Crippen LogP contribution >= 0.6 is 0 Å². The van der Waals surface area contributed by atoms with Gasteiger partial charge in [-0.1, -0.05) is 6.92 Å². The summed E-state index contributed by atoms with van der Waals surface area (Å²) in [5, 5.41) is 3.44. The number of nitrogens with zero attached hydrogens (tertiary/aromatic N) is 2. The SMILES string of the molecule is CCNC(Cc1nccn1C)c1occc1C. The molecule has 4 heteroatoms. The molecule has 0 radical (unpaired) electrons. The van der Waals surface area contributed by atoms with Gasteiger partial charge in [0.2, 0.25) is 0 Å². The summed E-state index contributed by atoms with van der Waals surface area (Å²) in [7, 11) is 2.01. The predicted octanol–water partition coefficient (Wildman–Crippen LogP) is 2.21. The largest absolute Gasteiger partial charge is 0.467 e. The molecule has 0 aromatic carbocycles. The van der Waals surface area contributed by atoms with Crippen LogP contribution in [-0.2, 0) is 13.5 Å². The van der Waals surface area contributed by atoms with Crippen LogP contribution in [0.5, 0.6) is 0 Å². The Balaban J connectivity index is 2.19. The molecule has 92 valence electrons. The Hall–Kier alpha value is -1.55. The second kappa shape index (κ2) is 5.19. The number of rotatable bonds is 5. The summed E-state index contributed by atoms with van der Waals surface area (Å²) in [5.74, 6) is 2.07. The average molecular weight is 233 g/mol. The van der Waals surface area contributed by atoms with Gasteiger partial charge < -0.3 is 14.3 Å². The van der Waals surface area contributed by atoms with Gasteiger partial charge in [0.1, 0.15) is 11.6 Å². The van der Waals surface area contributed by atoms with E-state index in [9.17, 15) is 0 Å². The van der Waals surface area contributed by atoms with Crippen molar-refractivity contribution in [1.82, 2.24) is 14.9 Å². The lowest BCUT2D eigenvalue weighted by Crippen LogP contribution is -2.24. The number of hydrogen-bond donors (Lipinski definition) is 1. The standard InChI is InChI=1S/C13H19N3O/c1-4-14-11(13-10(2)5-8-17-13)9-12-15-6-7-16(12)3/h5-8,11,14H,4,9H2,1-3H3. The Kier molecular flexibility index (Phi) is 3.64. The Morgan fingerprint density at radius 1 is 1.53 bits per heavy atom. The van der Waals surface area contributed by atoms with E-state index in [2.05, 4.69) is 24.1 Å². The lowest BCUT2D eigenvalue weighted by Gasteiger charge is -2.16. The van der Waals surface area contributed by atoms with Crippen molar-refractivity contribution in [2.45, 2.75) is 26.3 Å². The lowest BCUT2D eigenvalue weighted by molar-refractivity contribution is 0.407. The number of nitrogens with one attached hydrogen (secondary N) is 1. The number of aryl methyl sites for hydroxylation is 2. The fraction of sp³-hybridized carbons (Fsp3) is 0.462. The van der Waals surface area contributed by atoms with Gasteiger partial charge in [0, 0.05) is 25.9 Å². The molecule has 1 N–H and O–H groups in total. The third-order valence-corrected chi connectivity index (χ3v) is 2.98. The Morgan fingerprint density at radius 3 is 2.88 bits per heavy atom. The topological polar surface area (TPSA) is 43.0 Å². The lowest BCUT2D eigenvalue weighted by atomic mass is 10.1. The van der Waals surface area contributed by atoms with E-state index in [-0.39, 0.29) is 6.04 Å². The molecule has 0 amide bonds. The number of likely N-dealkylation sites (N-methyl/N-ethyl adjacent to an activating group) is 1. The second-order valence-corrected chi connectivity index (χ2v) is 4.24. The van der Waals surface area contributed by atoms with Crippen LogP contribution in [0.25, 0.3) is 0 Å². The Labute approximate surface area is 102 Å². The van der Waals surface area contributed by atoms with Crippen LogP contribution in [0.4, 0.5) is 0 Å². The average Bonchev–Trinajstić information content (AvgIpc) is 2.88. The van der Waals surface area contributed by atoms with Crippen LogP contribution < -0.4 is 5.32 Å². The highest BCUT2D eigenvalue weighted by atomic mass is 16.3. The Bertz CT molecular complexity index is 472. The first kappa shape index (κ1) is 11.9. The van der Waals surface area contributed by atoms with Gasteiger partial charge in [0.15, 0.2) is 0 Å². The monoisotopic (exact) mass is 233 g/mol. The fourth-order valence-corrected chi connectivity index (χ4v) is 2.02. The normalized spacial score (nSPS) is 12.9. The van der Waals surface area contributed by atoms with Crippen molar-refractivity contribution >= 4 is 0 Å². The highest BCUT2D eigenvalue weighted by Gasteiger charge is 2.18. The summed E-state index contributed by atoms with van der Waals surface area (Å²) in [4.78, 5) is 4.36. The van der Waals surface area contributed by atoms with Crippen LogP contribution in [0, 0.1) is 6.92 Å². The van der Waals surface area contributed by atoms with E-state index in [4.69, 9.17) is 4.42 Å². The minimum absolute atomic E-state index is 0.191. The molecule has 0 saturated heterocycles. The van der Waals surface area contributed by atoms with Crippen LogP contribution in [0.2, 0.25) is 0 Å². The molecule has 0 spiro atoms. The zero-order valence-electron chi connectivity index (χ0n) is 10.6. The molecule has 4 nitrogen and oxygen atoms in total. The van der Waals surface area contributed by atoms with E-state index >= 15 is 0 Å². The van der Waals surface area contributed by atoms with E-state index in [0.29, 0.717) is 0 Å². The summed E-state index contributed by atoms with van der Waals surface area (Å²) in [6, 6.07) is 2.19. The Morgan fingerprint density at radius 2 is 2.35 bits per heavy atom.